The first-order valence-corrected chi connectivity index (χ1v) is 5.03. The smallest absolute Gasteiger partial charge is 0.218 e. The zero-order valence-corrected chi connectivity index (χ0v) is 9.38. The van der Waals surface area contributed by atoms with Gasteiger partial charge in [0, 0.05) is 7.05 Å². The predicted molar refractivity (Wildman–Crippen MR) is 62.5 cm³/mol. The highest BCUT2D eigenvalue weighted by Gasteiger charge is 2.28. The molecule has 5 nitrogen and oxygen atoms in total. The standard InChI is InChI=1S/C11H15N5/c1-11(13,8-6-4-3-5-7-8)9-14-10(12)16(2)15-9/h3-7H,13H2,1-2H3,(H2,12,14,15). The topological polar surface area (TPSA) is 82.8 Å². The normalized spacial score (nSPS) is 14.7. The maximum atomic E-state index is 6.25. The highest BCUT2D eigenvalue weighted by atomic mass is 15.4. The summed E-state index contributed by atoms with van der Waals surface area (Å²) in [6, 6.07) is 9.72. The second kappa shape index (κ2) is 3.61. The van der Waals surface area contributed by atoms with E-state index in [9.17, 15) is 0 Å². The van der Waals surface area contributed by atoms with E-state index in [0.717, 1.165) is 5.56 Å². The van der Waals surface area contributed by atoms with Crippen molar-refractivity contribution in [1.29, 1.82) is 0 Å². The van der Waals surface area contributed by atoms with Gasteiger partial charge in [-0.3, -0.25) is 0 Å². The van der Waals surface area contributed by atoms with Crippen LogP contribution in [-0.2, 0) is 12.6 Å². The SMILES string of the molecule is Cn1nc(C(C)(N)c2ccccc2)nc1N. The number of hydrogen-bond donors (Lipinski definition) is 2. The monoisotopic (exact) mass is 217 g/mol. The second-order valence-electron chi connectivity index (χ2n) is 3.99. The molecule has 4 N–H and O–H groups in total. The second-order valence-corrected chi connectivity index (χ2v) is 3.99. The molecule has 0 aliphatic rings. The number of benzene rings is 1. The molecular weight excluding hydrogens is 202 g/mol. The van der Waals surface area contributed by atoms with Crippen LogP contribution in [0.1, 0.15) is 18.3 Å². The first-order chi connectivity index (χ1) is 7.51. The minimum atomic E-state index is -0.726. The molecule has 1 heterocycles. The van der Waals surface area contributed by atoms with Crippen LogP contribution in [-0.4, -0.2) is 14.8 Å². The van der Waals surface area contributed by atoms with Crippen molar-refractivity contribution in [2.45, 2.75) is 12.5 Å². The number of anilines is 1. The number of aryl methyl sites for hydroxylation is 1. The number of nitrogens with zero attached hydrogens (tertiary/aromatic N) is 3. The Labute approximate surface area is 94.1 Å². The van der Waals surface area contributed by atoms with Crippen molar-refractivity contribution in [3.63, 3.8) is 0 Å². The van der Waals surface area contributed by atoms with E-state index in [1.54, 1.807) is 7.05 Å². The number of nitrogen functional groups attached to an aromatic ring is 1. The molecule has 0 amide bonds. The minimum absolute atomic E-state index is 0.364. The van der Waals surface area contributed by atoms with Crippen LogP contribution in [0.25, 0.3) is 0 Å². The summed E-state index contributed by atoms with van der Waals surface area (Å²) in [6.07, 6.45) is 0. The Bertz CT molecular complexity index is 467. The summed E-state index contributed by atoms with van der Waals surface area (Å²) >= 11 is 0. The quantitative estimate of drug-likeness (QED) is 0.772. The molecule has 1 aromatic carbocycles. The van der Waals surface area contributed by atoms with Gasteiger partial charge in [0.1, 0.15) is 5.54 Å². The molecule has 5 heteroatoms. The summed E-state index contributed by atoms with van der Waals surface area (Å²) in [6.45, 7) is 1.87. The van der Waals surface area contributed by atoms with E-state index in [2.05, 4.69) is 10.1 Å². The third-order valence-electron chi connectivity index (χ3n) is 2.63. The molecule has 2 rings (SSSR count). The molecule has 0 aliphatic carbocycles. The molecule has 1 unspecified atom stereocenters. The average Bonchev–Trinajstić information content (AvgIpc) is 2.61. The Hall–Kier alpha value is -1.88. The van der Waals surface area contributed by atoms with Crippen LogP contribution in [0.4, 0.5) is 5.95 Å². The van der Waals surface area contributed by atoms with Crippen molar-refractivity contribution in [2.75, 3.05) is 5.73 Å². The van der Waals surface area contributed by atoms with Crippen LogP contribution >= 0.6 is 0 Å². The van der Waals surface area contributed by atoms with Crippen molar-refractivity contribution in [2.24, 2.45) is 12.8 Å². The first-order valence-electron chi connectivity index (χ1n) is 5.03. The summed E-state index contributed by atoms with van der Waals surface area (Å²) in [5, 5.41) is 4.21. The van der Waals surface area contributed by atoms with E-state index < -0.39 is 5.54 Å². The van der Waals surface area contributed by atoms with Crippen LogP contribution in [0.15, 0.2) is 30.3 Å². The summed E-state index contributed by atoms with van der Waals surface area (Å²) < 4.78 is 1.52. The van der Waals surface area contributed by atoms with Gasteiger partial charge in [-0.2, -0.15) is 10.1 Å². The fourth-order valence-electron chi connectivity index (χ4n) is 1.53. The highest BCUT2D eigenvalue weighted by molar-refractivity contribution is 5.31. The van der Waals surface area contributed by atoms with Gasteiger partial charge >= 0.3 is 0 Å². The summed E-state index contributed by atoms with van der Waals surface area (Å²) in [5.74, 6) is 0.890. The first kappa shape index (κ1) is 10.6. The molecule has 0 saturated carbocycles. The lowest BCUT2D eigenvalue weighted by atomic mass is 9.93. The van der Waals surface area contributed by atoms with Crippen molar-refractivity contribution in [3.05, 3.63) is 41.7 Å². The van der Waals surface area contributed by atoms with Crippen LogP contribution in [0, 0.1) is 0 Å². The number of nitrogens with two attached hydrogens (primary N) is 2. The number of aromatic nitrogens is 3. The van der Waals surface area contributed by atoms with E-state index in [4.69, 9.17) is 11.5 Å². The molecule has 0 radical (unpaired) electrons. The van der Waals surface area contributed by atoms with Crippen LogP contribution < -0.4 is 11.5 Å². The van der Waals surface area contributed by atoms with Gasteiger partial charge in [0.05, 0.1) is 0 Å². The average molecular weight is 217 g/mol. The molecule has 16 heavy (non-hydrogen) atoms. The maximum Gasteiger partial charge on any atom is 0.218 e. The van der Waals surface area contributed by atoms with E-state index in [-0.39, 0.29) is 0 Å². The lowest BCUT2D eigenvalue weighted by molar-refractivity contribution is 0.550. The largest absolute Gasteiger partial charge is 0.368 e. The number of rotatable bonds is 2. The molecule has 0 fully saturated rings. The Kier molecular flexibility index (Phi) is 2.40. The summed E-state index contributed by atoms with van der Waals surface area (Å²) in [7, 11) is 1.74. The highest BCUT2D eigenvalue weighted by Crippen LogP contribution is 2.23. The molecule has 1 aromatic heterocycles. The van der Waals surface area contributed by atoms with Crippen LogP contribution in [0.2, 0.25) is 0 Å². The van der Waals surface area contributed by atoms with Gasteiger partial charge in [-0.15, -0.1) is 0 Å². The van der Waals surface area contributed by atoms with Gasteiger partial charge in [0.2, 0.25) is 5.95 Å². The lowest BCUT2D eigenvalue weighted by Gasteiger charge is -2.21. The van der Waals surface area contributed by atoms with Crippen molar-refractivity contribution in [1.82, 2.24) is 14.8 Å². The molecule has 1 atom stereocenters. The molecule has 84 valence electrons. The van der Waals surface area contributed by atoms with Gasteiger partial charge in [0.25, 0.3) is 0 Å². The number of hydrogen-bond acceptors (Lipinski definition) is 4. The van der Waals surface area contributed by atoms with E-state index >= 15 is 0 Å². The zero-order chi connectivity index (χ0) is 11.8. The van der Waals surface area contributed by atoms with Gasteiger partial charge in [-0.1, -0.05) is 30.3 Å². The van der Waals surface area contributed by atoms with Gasteiger partial charge in [-0.05, 0) is 12.5 Å². The predicted octanol–water partition coefficient (Wildman–Crippen LogP) is 0.619. The summed E-state index contributed by atoms with van der Waals surface area (Å²) in [5.41, 5.74) is 12.1. The molecule has 0 spiro atoms. The Morgan fingerprint density at radius 2 is 1.88 bits per heavy atom. The lowest BCUT2D eigenvalue weighted by Crippen LogP contribution is -2.35. The zero-order valence-electron chi connectivity index (χ0n) is 9.38. The maximum absolute atomic E-state index is 6.25. The van der Waals surface area contributed by atoms with Gasteiger partial charge < -0.3 is 11.5 Å². The van der Waals surface area contributed by atoms with Crippen molar-refractivity contribution >= 4 is 5.95 Å². The fourth-order valence-corrected chi connectivity index (χ4v) is 1.53. The van der Waals surface area contributed by atoms with E-state index in [1.165, 1.54) is 4.68 Å². The van der Waals surface area contributed by atoms with Crippen molar-refractivity contribution < 1.29 is 0 Å². The van der Waals surface area contributed by atoms with Crippen molar-refractivity contribution in [3.8, 4) is 0 Å². The molecular formula is C11H15N5. The van der Waals surface area contributed by atoms with Crippen LogP contribution in [0.5, 0.6) is 0 Å². The van der Waals surface area contributed by atoms with E-state index in [0.29, 0.717) is 11.8 Å². The molecule has 2 aromatic rings. The Morgan fingerprint density at radius 3 is 2.38 bits per heavy atom. The third-order valence-corrected chi connectivity index (χ3v) is 2.63. The third kappa shape index (κ3) is 1.65. The fraction of sp³-hybridized carbons (Fsp3) is 0.273. The van der Waals surface area contributed by atoms with Crippen LogP contribution in [0.3, 0.4) is 0 Å². The molecule has 0 saturated heterocycles. The Balaban J connectivity index is 2.46. The minimum Gasteiger partial charge on any atom is -0.368 e. The van der Waals surface area contributed by atoms with Gasteiger partial charge in [-0.25, -0.2) is 4.68 Å². The van der Waals surface area contributed by atoms with E-state index in [1.807, 2.05) is 37.3 Å². The summed E-state index contributed by atoms with van der Waals surface area (Å²) in [4.78, 5) is 4.16. The molecule has 0 bridgehead atoms. The Morgan fingerprint density at radius 1 is 1.25 bits per heavy atom. The van der Waals surface area contributed by atoms with Gasteiger partial charge in [0.15, 0.2) is 5.82 Å². The molecule has 0 aliphatic heterocycles.